The molecule has 0 spiro atoms. The van der Waals surface area contributed by atoms with Gasteiger partial charge in [0.2, 0.25) is 11.8 Å². The molecule has 172 valence electrons. The number of carbonyl (C=O) groups is 2. The zero-order valence-corrected chi connectivity index (χ0v) is 19.7. The summed E-state index contributed by atoms with van der Waals surface area (Å²) >= 11 is 0. The van der Waals surface area contributed by atoms with Gasteiger partial charge in [0, 0.05) is 25.7 Å². The Balaban J connectivity index is 1.83. The van der Waals surface area contributed by atoms with Crippen molar-refractivity contribution in [3.05, 3.63) is 0 Å². The predicted octanol–water partition coefficient (Wildman–Crippen LogP) is 7.18. The lowest BCUT2D eigenvalue weighted by molar-refractivity contribution is -0.619. The number of rotatable bonds is 13. The molecular weight excluding hydrogens is 372 g/mol. The zero-order valence-electron chi connectivity index (χ0n) is 19.7. The van der Waals surface area contributed by atoms with E-state index in [1.54, 1.807) is 0 Å². The number of Topliss-reactive ketones (excluding diaryl/α,β-unsaturated/α-hetero) is 2. The molecule has 2 atom stereocenters. The van der Waals surface area contributed by atoms with Gasteiger partial charge in [-0.15, -0.1) is 4.70 Å². The number of ketones is 2. The third-order valence-corrected chi connectivity index (χ3v) is 6.93. The molecule has 0 bridgehead atoms. The Morgan fingerprint density at radius 3 is 1.93 bits per heavy atom. The van der Waals surface area contributed by atoms with Gasteiger partial charge in [0.05, 0.1) is 0 Å². The highest BCUT2D eigenvalue weighted by Crippen LogP contribution is 2.22. The second-order valence-electron chi connectivity index (χ2n) is 9.62. The Bertz CT molecular complexity index is 529. The molecule has 4 heteroatoms. The van der Waals surface area contributed by atoms with Crippen molar-refractivity contribution in [2.45, 2.75) is 147 Å². The maximum absolute atomic E-state index is 12.7. The first-order valence-electron chi connectivity index (χ1n) is 13.2. The van der Waals surface area contributed by atoms with E-state index in [4.69, 9.17) is 5.11 Å². The minimum Gasteiger partial charge on any atom is -0.297 e. The topological polar surface area (TPSA) is 49.5 Å². The standard InChI is InChI=1S/C26H47N2O2/c1-2-3-4-5-6-7-8-9-10-17-22-28(24-19-14-12-16-21-26(24)30)27-23-18-13-11-15-20-25(23)29/h23-24H,2-22H2,1H3/q+1. The van der Waals surface area contributed by atoms with Crippen molar-refractivity contribution in [3.63, 3.8) is 0 Å². The van der Waals surface area contributed by atoms with Gasteiger partial charge in [-0.25, -0.2) is 0 Å². The zero-order chi connectivity index (χ0) is 21.4. The molecule has 4 nitrogen and oxygen atoms in total. The molecule has 0 aromatic heterocycles. The lowest BCUT2D eigenvalue weighted by atomic mass is 10.1. The van der Waals surface area contributed by atoms with Crippen molar-refractivity contribution < 1.29 is 14.3 Å². The molecule has 2 saturated carbocycles. The van der Waals surface area contributed by atoms with E-state index in [0.717, 1.165) is 64.3 Å². The summed E-state index contributed by atoms with van der Waals surface area (Å²) in [6.45, 7) is 3.11. The molecule has 0 aromatic carbocycles. The number of nitrogens with zero attached hydrogens (tertiary/aromatic N) is 2. The summed E-state index contributed by atoms with van der Waals surface area (Å²) in [5, 5.41) is 4.93. The van der Waals surface area contributed by atoms with Crippen molar-refractivity contribution in [1.29, 1.82) is 0 Å². The lowest BCUT2D eigenvalue weighted by Crippen LogP contribution is -2.35. The molecule has 2 aliphatic carbocycles. The van der Waals surface area contributed by atoms with E-state index < -0.39 is 0 Å². The molecular formula is C26H47N2O2+. The average Bonchev–Trinajstić information content (AvgIpc) is 3.08. The Morgan fingerprint density at radius 1 is 0.700 bits per heavy atom. The highest BCUT2D eigenvalue weighted by atomic mass is 16.1. The van der Waals surface area contributed by atoms with Crippen LogP contribution >= 0.6 is 0 Å². The Kier molecular flexibility index (Phi) is 13.2. The summed E-state index contributed by atoms with van der Waals surface area (Å²) in [6.07, 6.45) is 22.8. The van der Waals surface area contributed by atoms with Gasteiger partial charge in [-0.1, -0.05) is 77.6 Å². The van der Waals surface area contributed by atoms with Gasteiger partial charge >= 0.3 is 0 Å². The molecule has 30 heavy (non-hydrogen) atoms. The van der Waals surface area contributed by atoms with Gasteiger partial charge in [-0.3, -0.25) is 9.59 Å². The molecule has 2 aliphatic rings. The van der Waals surface area contributed by atoms with Gasteiger partial charge in [-0.2, -0.15) is 0 Å². The van der Waals surface area contributed by atoms with Crippen molar-refractivity contribution >= 4 is 11.6 Å². The summed E-state index contributed by atoms with van der Waals surface area (Å²) in [7, 11) is 0. The molecule has 2 fully saturated rings. The van der Waals surface area contributed by atoms with Crippen LogP contribution in [-0.4, -0.2) is 34.9 Å². The van der Waals surface area contributed by atoms with Crippen molar-refractivity contribution in [2.24, 2.45) is 5.11 Å². The first-order valence-corrected chi connectivity index (χ1v) is 13.2. The highest BCUT2D eigenvalue weighted by Gasteiger charge is 2.34. The number of hydrogen-bond acceptors (Lipinski definition) is 3. The summed E-state index contributed by atoms with van der Waals surface area (Å²) in [5.74, 6) is 0.644. The molecule has 0 saturated heterocycles. The van der Waals surface area contributed by atoms with E-state index in [2.05, 4.69) is 11.6 Å². The molecule has 2 rings (SSSR count). The summed E-state index contributed by atoms with van der Waals surface area (Å²) < 4.78 is 2.08. The fraction of sp³-hybridized carbons (Fsp3) is 0.923. The Hall–Kier alpha value is -1.06. The third kappa shape index (κ3) is 9.83. The van der Waals surface area contributed by atoms with Crippen LogP contribution in [0.5, 0.6) is 0 Å². The largest absolute Gasteiger partial charge is 0.297 e. The fourth-order valence-corrected chi connectivity index (χ4v) is 4.95. The minimum absolute atomic E-state index is 0.0814. The lowest BCUT2D eigenvalue weighted by Gasteiger charge is -2.13. The van der Waals surface area contributed by atoms with Gasteiger partial charge in [0.25, 0.3) is 0 Å². The van der Waals surface area contributed by atoms with Crippen LogP contribution in [0.15, 0.2) is 5.11 Å². The molecule has 0 amide bonds. The Labute approximate surface area is 185 Å². The van der Waals surface area contributed by atoms with E-state index in [-0.39, 0.29) is 12.1 Å². The van der Waals surface area contributed by atoms with Crippen LogP contribution < -0.4 is 0 Å². The quantitative estimate of drug-likeness (QED) is 0.137. The second kappa shape index (κ2) is 15.7. The van der Waals surface area contributed by atoms with Crippen LogP contribution in [0, 0.1) is 0 Å². The fourth-order valence-electron chi connectivity index (χ4n) is 4.95. The summed E-state index contributed by atoms with van der Waals surface area (Å²) in [5.41, 5.74) is 0. The van der Waals surface area contributed by atoms with Crippen molar-refractivity contribution in [2.75, 3.05) is 6.54 Å². The van der Waals surface area contributed by atoms with Crippen LogP contribution in [0.4, 0.5) is 0 Å². The average molecular weight is 420 g/mol. The molecule has 0 heterocycles. The molecule has 0 aromatic rings. The molecule has 0 N–H and O–H groups in total. The number of azo groups is 2. The smallest absolute Gasteiger partial charge is 0.235 e. The monoisotopic (exact) mass is 419 g/mol. The molecule has 2 unspecified atom stereocenters. The van der Waals surface area contributed by atoms with Gasteiger partial charge in [0.1, 0.15) is 0 Å². The number of hydrogen-bond donors (Lipinski definition) is 0. The Morgan fingerprint density at radius 2 is 1.27 bits per heavy atom. The third-order valence-electron chi connectivity index (χ3n) is 6.93. The van der Waals surface area contributed by atoms with Crippen molar-refractivity contribution in [1.82, 2.24) is 0 Å². The maximum atomic E-state index is 12.7. The maximum Gasteiger partial charge on any atom is 0.235 e. The number of carbonyl (C=O) groups excluding carboxylic acids is 2. The van der Waals surface area contributed by atoms with Gasteiger partial charge in [0.15, 0.2) is 18.4 Å². The van der Waals surface area contributed by atoms with Crippen LogP contribution in [0.1, 0.15) is 135 Å². The SMILES string of the molecule is CCCCCCCCCCCC[N+](=NC1CCCCCC1=O)C1CCCCCC1=O. The summed E-state index contributed by atoms with van der Waals surface area (Å²) in [4.78, 5) is 25.3. The second-order valence-corrected chi connectivity index (χ2v) is 9.62. The normalized spacial score (nSPS) is 24.0. The predicted molar refractivity (Wildman–Crippen MR) is 123 cm³/mol. The highest BCUT2D eigenvalue weighted by molar-refractivity contribution is 5.84. The van der Waals surface area contributed by atoms with Crippen LogP contribution in [0.2, 0.25) is 0 Å². The van der Waals surface area contributed by atoms with E-state index in [1.807, 2.05) is 0 Å². The summed E-state index contributed by atoms with van der Waals surface area (Å²) in [6, 6.07) is -0.284. The van der Waals surface area contributed by atoms with E-state index in [1.165, 1.54) is 57.8 Å². The van der Waals surface area contributed by atoms with Crippen LogP contribution in [-0.2, 0) is 9.59 Å². The van der Waals surface area contributed by atoms with E-state index >= 15 is 0 Å². The van der Waals surface area contributed by atoms with E-state index in [9.17, 15) is 9.59 Å². The van der Waals surface area contributed by atoms with Crippen molar-refractivity contribution in [3.8, 4) is 0 Å². The van der Waals surface area contributed by atoms with Crippen LogP contribution in [0.3, 0.4) is 0 Å². The molecule has 0 radical (unpaired) electrons. The first-order chi connectivity index (χ1) is 14.7. The minimum atomic E-state index is -0.202. The van der Waals surface area contributed by atoms with E-state index in [0.29, 0.717) is 24.4 Å². The number of unbranched alkanes of at least 4 members (excludes halogenated alkanes) is 9. The molecule has 0 aliphatic heterocycles. The first kappa shape index (κ1) is 25.2. The van der Waals surface area contributed by atoms with Crippen LogP contribution in [0.25, 0.3) is 0 Å². The van der Waals surface area contributed by atoms with Gasteiger partial charge in [-0.05, 0) is 37.2 Å². The van der Waals surface area contributed by atoms with Gasteiger partial charge < -0.3 is 0 Å².